The zero-order chi connectivity index (χ0) is 13.8. The van der Waals surface area contributed by atoms with Gasteiger partial charge in [0.2, 0.25) is 10.7 Å². The van der Waals surface area contributed by atoms with Crippen LogP contribution in [0.3, 0.4) is 0 Å². The Labute approximate surface area is 115 Å². The standard InChI is InChI=1S/C12H13N5OS/c1-7-11(15-12(19)17-16-7)14-10-5-3-9(4-6-10)13-8(2)18/h3-6H,1-2H3,(H,13,18)(H2,14,15,17,19). The molecule has 0 saturated heterocycles. The lowest BCUT2D eigenvalue weighted by atomic mass is 10.2. The molecule has 0 atom stereocenters. The molecule has 7 heteroatoms. The van der Waals surface area contributed by atoms with Crippen LogP contribution in [-0.2, 0) is 4.79 Å². The summed E-state index contributed by atoms with van der Waals surface area (Å²) in [5, 5.41) is 12.5. The van der Waals surface area contributed by atoms with Gasteiger partial charge in [0.15, 0.2) is 5.82 Å². The Kier molecular flexibility index (Phi) is 3.86. The molecule has 1 heterocycles. The predicted octanol–water partition coefficient (Wildman–Crippen LogP) is 2.54. The fourth-order valence-electron chi connectivity index (χ4n) is 1.49. The van der Waals surface area contributed by atoms with Crippen molar-refractivity contribution in [2.45, 2.75) is 13.8 Å². The van der Waals surface area contributed by atoms with Crippen molar-refractivity contribution in [3.05, 3.63) is 34.7 Å². The highest BCUT2D eigenvalue weighted by atomic mass is 32.1. The molecule has 3 N–H and O–H groups in total. The maximum absolute atomic E-state index is 10.9. The Bertz CT molecular complexity index is 650. The second kappa shape index (κ2) is 5.57. The molecule has 0 saturated carbocycles. The van der Waals surface area contributed by atoms with Gasteiger partial charge in [0.25, 0.3) is 0 Å². The number of aromatic amines is 1. The van der Waals surface area contributed by atoms with E-state index in [-0.39, 0.29) is 5.91 Å². The summed E-state index contributed by atoms with van der Waals surface area (Å²) in [4.78, 5) is 15.1. The van der Waals surface area contributed by atoms with Crippen molar-refractivity contribution in [2.24, 2.45) is 0 Å². The number of anilines is 3. The molecule has 6 nitrogen and oxygen atoms in total. The van der Waals surface area contributed by atoms with Crippen LogP contribution in [0.15, 0.2) is 24.3 Å². The Morgan fingerprint density at radius 2 is 1.89 bits per heavy atom. The maximum atomic E-state index is 10.9. The van der Waals surface area contributed by atoms with E-state index in [9.17, 15) is 4.79 Å². The van der Waals surface area contributed by atoms with Crippen molar-refractivity contribution in [3.63, 3.8) is 0 Å². The van der Waals surface area contributed by atoms with Crippen LogP contribution < -0.4 is 10.6 Å². The zero-order valence-corrected chi connectivity index (χ0v) is 11.3. The fourth-order valence-corrected chi connectivity index (χ4v) is 1.62. The number of hydrogen-bond donors (Lipinski definition) is 3. The third kappa shape index (κ3) is 3.59. The fraction of sp³-hybridized carbons (Fsp3) is 0.167. The SMILES string of the molecule is CC(=O)Nc1ccc(Nc2nc(=S)[nH]nc2C)cc1. The highest BCUT2D eigenvalue weighted by Gasteiger charge is 2.02. The second-order valence-electron chi connectivity index (χ2n) is 3.96. The van der Waals surface area contributed by atoms with Crippen LogP contribution in [0.1, 0.15) is 12.6 Å². The molecule has 1 amide bonds. The number of H-pyrrole nitrogens is 1. The molecule has 0 unspecified atom stereocenters. The van der Waals surface area contributed by atoms with Gasteiger partial charge in [0, 0.05) is 18.3 Å². The molecule has 2 aromatic rings. The Balaban J connectivity index is 2.17. The number of carbonyl (C=O) groups is 1. The first-order valence-corrected chi connectivity index (χ1v) is 6.03. The first kappa shape index (κ1) is 13.2. The van der Waals surface area contributed by atoms with Gasteiger partial charge in [0.1, 0.15) is 5.69 Å². The van der Waals surface area contributed by atoms with E-state index >= 15 is 0 Å². The summed E-state index contributed by atoms with van der Waals surface area (Å²) >= 11 is 4.93. The zero-order valence-electron chi connectivity index (χ0n) is 10.5. The first-order valence-electron chi connectivity index (χ1n) is 5.62. The molecule has 1 aromatic carbocycles. The van der Waals surface area contributed by atoms with Gasteiger partial charge in [-0.15, -0.1) is 0 Å². The molecule has 0 spiro atoms. The second-order valence-corrected chi connectivity index (χ2v) is 4.34. The number of nitrogens with zero attached hydrogens (tertiary/aromatic N) is 2. The van der Waals surface area contributed by atoms with Crippen molar-refractivity contribution in [1.29, 1.82) is 0 Å². The Morgan fingerprint density at radius 3 is 2.53 bits per heavy atom. The lowest BCUT2D eigenvalue weighted by Gasteiger charge is -2.08. The van der Waals surface area contributed by atoms with E-state index in [0.29, 0.717) is 10.6 Å². The number of aromatic nitrogens is 3. The van der Waals surface area contributed by atoms with Gasteiger partial charge in [-0.3, -0.25) is 9.89 Å². The van der Waals surface area contributed by atoms with Crippen LogP contribution in [0, 0.1) is 11.7 Å². The van der Waals surface area contributed by atoms with E-state index in [2.05, 4.69) is 25.8 Å². The molecule has 98 valence electrons. The Morgan fingerprint density at radius 1 is 1.26 bits per heavy atom. The topological polar surface area (TPSA) is 82.7 Å². The van der Waals surface area contributed by atoms with Crippen molar-refractivity contribution in [1.82, 2.24) is 15.2 Å². The third-order valence-corrected chi connectivity index (χ3v) is 2.53. The normalized spacial score (nSPS) is 10.0. The monoisotopic (exact) mass is 275 g/mol. The van der Waals surface area contributed by atoms with E-state index in [0.717, 1.165) is 17.1 Å². The van der Waals surface area contributed by atoms with E-state index in [4.69, 9.17) is 12.2 Å². The summed E-state index contributed by atoms with van der Waals surface area (Å²) in [5.74, 6) is 0.507. The number of aryl methyl sites for hydroxylation is 1. The van der Waals surface area contributed by atoms with Crippen molar-refractivity contribution in [3.8, 4) is 0 Å². The minimum atomic E-state index is -0.100. The minimum Gasteiger partial charge on any atom is -0.339 e. The van der Waals surface area contributed by atoms with Crippen LogP contribution >= 0.6 is 12.2 Å². The van der Waals surface area contributed by atoms with E-state index < -0.39 is 0 Å². The molecule has 0 aliphatic rings. The third-order valence-electron chi connectivity index (χ3n) is 2.34. The van der Waals surface area contributed by atoms with Crippen LogP contribution in [0.5, 0.6) is 0 Å². The van der Waals surface area contributed by atoms with Gasteiger partial charge >= 0.3 is 0 Å². The quantitative estimate of drug-likeness (QED) is 0.750. The summed E-state index contributed by atoms with van der Waals surface area (Å²) in [6.07, 6.45) is 0. The van der Waals surface area contributed by atoms with Crippen LogP contribution in [-0.4, -0.2) is 21.1 Å². The van der Waals surface area contributed by atoms with Crippen molar-refractivity contribution < 1.29 is 4.79 Å². The van der Waals surface area contributed by atoms with Crippen molar-refractivity contribution >= 4 is 35.3 Å². The average molecular weight is 275 g/mol. The van der Waals surface area contributed by atoms with Gasteiger partial charge in [0.05, 0.1) is 0 Å². The molecule has 0 aliphatic heterocycles. The van der Waals surface area contributed by atoms with Crippen LogP contribution in [0.25, 0.3) is 0 Å². The molecule has 19 heavy (non-hydrogen) atoms. The molecular weight excluding hydrogens is 262 g/mol. The van der Waals surface area contributed by atoms with E-state index in [1.54, 1.807) is 12.1 Å². The van der Waals surface area contributed by atoms with Gasteiger partial charge < -0.3 is 10.6 Å². The largest absolute Gasteiger partial charge is 0.339 e. The highest BCUT2D eigenvalue weighted by Crippen LogP contribution is 2.18. The van der Waals surface area contributed by atoms with Crippen LogP contribution in [0.2, 0.25) is 0 Å². The number of carbonyl (C=O) groups excluding carboxylic acids is 1. The smallest absolute Gasteiger partial charge is 0.221 e. The maximum Gasteiger partial charge on any atom is 0.221 e. The summed E-state index contributed by atoms with van der Waals surface area (Å²) in [5.41, 5.74) is 2.30. The first-order chi connectivity index (χ1) is 9.04. The predicted molar refractivity (Wildman–Crippen MR) is 76.0 cm³/mol. The summed E-state index contributed by atoms with van der Waals surface area (Å²) in [7, 11) is 0. The molecule has 1 aromatic heterocycles. The van der Waals surface area contributed by atoms with E-state index in [1.807, 2.05) is 19.1 Å². The molecule has 2 rings (SSSR count). The lowest BCUT2D eigenvalue weighted by molar-refractivity contribution is -0.114. The average Bonchev–Trinajstić information content (AvgIpc) is 2.35. The summed E-state index contributed by atoms with van der Waals surface area (Å²) in [6.45, 7) is 3.29. The molecule has 0 aliphatic carbocycles. The number of hydrogen-bond acceptors (Lipinski definition) is 5. The van der Waals surface area contributed by atoms with Crippen LogP contribution in [0.4, 0.5) is 17.2 Å². The molecular formula is C12H13N5OS. The highest BCUT2D eigenvalue weighted by molar-refractivity contribution is 7.71. The molecule has 0 radical (unpaired) electrons. The van der Waals surface area contributed by atoms with Gasteiger partial charge in [-0.05, 0) is 43.4 Å². The van der Waals surface area contributed by atoms with Gasteiger partial charge in [-0.2, -0.15) is 10.1 Å². The number of nitrogens with one attached hydrogen (secondary N) is 3. The van der Waals surface area contributed by atoms with Gasteiger partial charge in [-0.1, -0.05) is 0 Å². The summed E-state index contributed by atoms with van der Waals surface area (Å²) < 4.78 is 0.322. The molecule has 0 bridgehead atoms. The number of amides is 1. The lowest BCUT2D eigenvalue weighted by Crippen LogP contribution is -2.05. The summed E-state index contributed by atoms with van der Waals surface area (Å²) in [6, 6.07) is 7.28. The number of rotatable bonds is 3. The number of benzene rings is 1. The Hall–Kier alpha value is -2.28. The molecule has 0 fully saturated rings. The van der Waals surface area contributed by atoms with Crippen molar-refractivity contribution in [2.75, 3.05) is 10.6 Å². The van der Waals surface area contributed by atoms with Gasteiger partial charge in [-0.25, -0.2) is 0 Å². The van der Waals surface area contributed by atoms with E-state index in [1.165, 1.54) is 6.92 Å². The minimum absolute atomic E-state index is 0.100.